The summed E-state index contributed by atoms with van der Waals surface area (Å²) in [4.78, 5) is 37.9. The zero-order chi connectivity index (χ0) is 24.2. The van der Waals surface area contributed by atoms with Crippen molar-refractivity contribution in [3.8, 4) is 0 Å². The van der Waals surface area contributed by atoms with E-state index in [-0.39, 0.29) is 34.6 Å². The Labute approximate surface area is 194 Å². The van der Waals surface area contributed by atoms with Crippen LogP contribution in [0.1, 0.15) is 73.6 Å². The number of hydrogen-bond acceptors (Lipinski definition) is 6. The van der Waals surface area contributed by atoms with Crippen molar-refractivity contribution in [3.05, 3.63) is 0 Å². The van der Waals surface area contributed by atoms with Gasteiger partial charge in [0.05, 0.1) is 32.3 Å². The van der Waals surface area contributed by atoms with Crippen LogP contribution in [-0.4, -0.2) is 74.2 Å². The van der Waals surface area contributed by atoms with Gasteiger partial charge in [-0.2, -0.15) is 0 Å². The zero-order valence-electron chi connectivity index (χ0n) is 21.1. The van der Waals surface area contributed by atoms with Crippen molar-refractivity contribution < 1.29 is 23.9 Å². The summed E-state index contributed by atoms with van der Waals surface area (Å²) in [6.45, 7) is 16.2. The molecule has 0 saturated carbocycles. The first-order valence-electron chi connectivity index (χ1n) is 11.9. The van der Waals surface area contributed by atoms with Crippen molar-refractivity contribution in [1.82, 2.24) is 15.5 Å². The fraction of sp³-hybridized carbons (Fsp3) is 0.875. The molecule has 3 amide bonds. The van der Waals surface area contributed by atoms with E-state index in [0.717, 1.165) is 25.8 Å². The highest BCUT2D eigenvalue weighted by Gasteiger charge is 2.44. The smallest absolute Gasteiger partial charge is 0.233 e. The number of hydrogen-bond donors (Lipinski definition) is 2. The summed E-state index contributed by atoms with van der Waals surface area (Å²) < 4.78 is 10.9. The number of unbranched alkanes of at least 4 members (excludes halogenated alkanes) is 2. The monoisotopic (exact) mass is 455 g/mol. The molecule has 8 nitrogen and oxygen atoms in total. The molecule has 186 valence electrons. The Morgan fingerprint density at radius 1 is 0.938 bits per heavy atom. The third kappa shape index (κ3) is 11.9. The number of carbonyl (C=O) groups excluding carboxylic acids is 3. The number of imide groups is 1. The van der Waals surface area contributed by atoms with Crippen LogP contribution < -0.4 is 10.6 Å². The number of rotatable bonds is 15. The zero-order valence-corrected chi connectivity index (χ0v) is 21.1. The molecule has 0 spiro atoms. The summed E-state index contributed by atoms with van der Waals surface area (Å²) in [6, 6.07) is 0. The van der Waals surface area contributed by atoms with Gasteiger partial charge in [0.1, 0.15) is 0 Å². The maximum atomic E-state index is 12.4. The Bertz CT molecular complexity index is 595. The van der Waals surface area contributed by atoms with Crippen molar-refractivity contribution in [2.24, 2.45) is 11.3 Å². The first-order valence-corrected chi connectivity index (χ1v) is 11.9. The Morgan fingerprint density at radius 2 is 1.56 bits per heavy atom. The summed E-state index contributed by atoms with van der Waals surface area (Å²) in [5.74, 6) is -0.342. The lowest BCUT2D eigenvalue weighted by molar-refractivity contribution is -0.140. The third-order valence-corrected chi connectivity index (χ3v) is 5.42. The Kier molecular flexibility index (Phi) is 12.4. The van der Waals surface area contributed by atoms with E-state index >= 15 is 0 Å². The van der Waals surface area contributed by atoms with Crippen LogP contribution in [0.2, 0.25) is 0 Å². The molecule has 0 aromatic rings. The summed E-state index contributed by atoms with van der Waals surface area (Å²) >= 11 is 0. The van der Waals surface area contributed by atoms with Crippen LogP contribution in [0.15, 0.2) is 0 Å². The van der Waals surface area contributed by atoms with Crippen LogP contribution in [0, 0.1) is 11.3 Å². The number of carbonyl (C=O) groups is 3. The van der Waals surface area contributed by atoms with Gasteiger partial charge in [-0.1, -0.05) is 27.2 Å². The van der Waals surface area contributed by atoms with E-state index in [9.17, 15) is 14.4 Å². The lowest BCUT2D eigenvalue weighted by atomic mass is 9.80. The van der Waals surface area contributed by atoms with Crippen LogP contribution >= 0.6 is 0 Å². The van der Waals surface area contributed by atoms with Crippen molar-refractivity contribution in [2.45, 2.75) is 79.2 Å². The standard InChI is InChI=1S/C24H45N3O5/c1-23(2,3)19-18-21(29)27(22(19)30)13-9-7-8-10-20(28)25-11-14-31-16-17-32-15-12-26-24(4,5)6/h19,26H,7-18H2,1-6H3,(H,25,28). The van der Waals surface area contributed by atoms with Gasteiger partial charge >= 0.3 is 0 Å². The molecule has 0 aliphatic carbocycles. The Hall–Kier alpha value is -1.51. The van der Waals surface area contributed by atoms with Gasteiger partial charge in [0.2, 0.25) is 17.7 Å². The molecular weight excluding hydrogens is 410 g/mol. The second kappa shape index (κ2) is 13.9. The van der Waals surface area contributed by atoms with Crippen molar-refractivity contribution in [3.63, 3.8) is 0 Å². The van der Waals surface area contributed by atoms with Crippen molar-refractivity contribution >= 4 is 17.7 Å². The molecule has 1 aliphatic heterocycles. The molecule has 1 fully saturated rings. The molecule has 2 N–H and O–H groups in total. The minimum atomic E-state index is -0.222. The number of ether oxygens (including phenoxy) is 2. The molecule has 32 heavy (non-hydrogen) atoms. The van der Waals surface area contributed by atoms with Crippen LogP contribution in [0.25, 0.3) is 0 Å². The fourth-order valence-corrected chi connectivity index (χ4v) is 3.50. The van der Waals surface area contributed by atoms with Gasteiger partial charge in [0, 0.05) is 38.0 Å². The Balaban J connectivity index is 1.97. The Morgan fingerprint density at radius 3 is 2.12 bits per heavy atom. The maximum Gasteiger partial charge on any atom is 0.233 e. The first-order chi connectivity index (χ1) is 14.9. The van der Waals surface area contributed by atoms with E-state index in [4.69, 9.17) is 9.47 Å². The van der Waals surface area contributed by atoms with E-state index in [1.54, 1.807) is 0 Å². The number of amides is 3. The molecule has 1 saturated heterocycles. The molecule has 1 heterocycles. The summed E-state index contributed by atoms with van der Waals surface area (Å²) in [5.41, 5.74) is -0.0976. The van der Waals surface area contributed by atoms with Crippen LogP contribution in [0.5, 0.6) is 0 Å². The first kappa shape index (κ1) is 28.5. The lowest BCUT2D eigenvalue weighted by Crippen LogP contribution is -2.38. The average Bonchev–Trinajstić information content (AvgIpc) is 2.96. The molecule has 1 rings (SSSR count). The third-order valence-electron chi connectivity index (χ3n) is 5.42. The molecular formula is C24H45N3O5. The van der Waals surface area contributed by atoms with Gasteiger partial charge in [-0.05, 0) is 39.0 Å². The highest BCUT2D eigenvalue weighted by Crippen LogP contribution is 2.35. The number of likely N-dealkylation sites (tertiary alicyclic amines) is 1. The van der Waals surface area contributed by atoms with Gasteiger partial charge in [0.25, 0.3) is 0 Å². The largest absolute Gasteiger partial charge is 0.378 e. The van der Waals surface area contributed by atoms with E-state index in [0.29, 0.717) is 52.4 Å². The predicted molar refractivity (Wildman–Crippen MR) is 125 cm³/mol. The van der Waals surface area contributed by atoms with Gasteiger partial charge in [-0.15, -0.1) is 0 Å². The van der Waals surface area contributed by atoms with Crippen LogP contribution in [0.3, 0.4) is 0 Å². The average molecular weight is 456 g/mol. The topological polar surface area (TPSA) is 97.0 Å². The SMILES string of the molecule is CC(C)(C)NCCOCCOCCNC(=O)CCCCCN1C(=O)CC(C(C)(C)C)C1=O. The number of nitrogens with one attached hydrogen (secondary N) is 2. The summed E-state index contributed by atoms with van der Waals surface area (Å²) in [6.07, 6.45) is 3.03. The second-order valence-corrected chi connectivity index (χ2v) is 10.6. The normalized spacial score (nSPS) is 17.3. The van der Waals surface area contributed by atoms with Crippen molar-refractivity contribution in [2.75, 3.05) is 46.1 Å². The van der Waals surface area contributed by atoms with Crippen LogP contribution in [0.4, 0.5) is 0 Å². The van der Waals surface area contributed by atoms with E-state index in [1.807, 2.05) is 20.8 Å². The molecule has 0 aromatic carbocycles. The maximum absolute atomic E-state index is 12.4. The molecule has 0 radical (unpaired) electrons. The summed E-state index contributed by atoms with van der Waals surface area (Å²) in [5, 5.41) is 6.20. The van der Waals surface area contributed by atoms with Gasteiger partial charge < -0.3 is 20.1 Å². The summed E-state index contributed by atoms with van der Waals surface area (Å²) in [7, 11) is 0. The van der Waals surface area contributed by atoms with E-state index in [2.05, 4.69) is 31.4 Å². The second-order valence-electron chi connectivity index (χ2n) is 10.6. The molecule has 1 aliphatic rings. The number of nitrogens with zero attached hydrogens (tertiary/aromatic N) is 1. The molecule has 1 atom stereocenters. The van der Waals surface area contributed by atoms with Gasteiger partial charge in [-0.3, -0.25) is 19.3 Å². The molecule has 0 bridgehead atoms. The molecule has 8 heteroatoms. The van der Waals surface area contributed by atoms with Gasteiger partial charge in [-0.25, -0.2) is 0 Å². The minimum absolute atomic E-state index is 0.000716. The molecule has 1 unspecified atom stereocenters. The highest BCUT2D eigenvalue weighted by molar-refractivity contribution is 6.03. The quantitative estimate of drug-likeness (QED) is 0.291. The van der Waals surface area contributed by atoms with E-state index < -0.39 is 0 Å². The van der Waals surface area contributed by atoms with E-state index in [1.165, 1.54) is 4.90 Å². The molecule has 0 aromatic heterocycles. The highest BCUT2D eigenvalue weighted by atomic mass is 16.5. The predicted octanol–water partition coefficient (Wildman–Crippen LogP) is 2.51. The lowest BCUT2D eigenvalue weighted by Gasteiger charge is -2.24. The van der Waals surface area contributed by atoms with Gasteiger partial charge in [0.15, 0.2) is 0 Å². The van der Waals surface area contributed by atoms with Crippen molar-refractivity contribution in [1.29, 1.82) is 0 Å². The van der Waals surface area contributed by atoms with Crippen LogP contribution in [-0.2, 0) is 23.9 Å². The minimum Gasteiger partial charge on any atom is -0.378 e. The fourth-order valence-electron chi connectivity index (χ4n) is 3.50.